The van der Waals surface area contributed by atoms with Crippen LogP contribution in [-0.2, 0) is 14.3 Å². The first-order valence-electron chi connectivity index (χ1n) is 6.10. The number of carbonyl (C=O) groups is 2. The van der Waals surface area contributed by atoms with Gasteiger partial charge in [0.25, 0.3) is 0 Å². The molecule has 6 heteroatoms. The molecule has 0 aliphatic carbocycles. The minimum Gasteiger partial charge on any atom is -0.479 e. The van der Waals surface area contributed by atoms with E-state index < -0.39 is 29.2 Å². The van der Waals surface area contributed by atoms with Crippen molar-refractivity contribution in [3.8, 4) is 0 Å². The topological polar surface area (TPSA) is 75.6 Å². The van der Waals surface area contributed by atoms with E-state index in [9.17, 15) is 14.0 Å². The molecule has 1 aromatic rings. The fourth-order valence-corrected chi connectivity index (χ4v) is 1.75. The second-order valence-electron chi connectivity index (χ2n) is 4.84. The Morgan fingerprint density at radius 3 is 2.65 bits per heavy atom. The van der Waals surface area contributed by atoms with Gasteiger partial charge in [-0.15, -0.1) is 0 Å². The maximum atomic E-state index is 13.1. The molecule has 1 amide bonds. The van der Waals surface area contributed by atoms with Crippen molar-refractivity contribution in [1.29, 1.82) is 0 Å². The first kappa shape index (κ1) is 16.1. The summed E-state index contributed by atoms with van der Waals surface area (Å²) in [5.41, 5.74) is -1.04. The van der Waals surface area contributed by atoms with E-state index in [1.807, 2.05) is 0 Å². The van der Waals surface area contributed by atoms with Crippen LogP contribution < -0.4 is 5.32 Å². The van der Waals surface area contributed by atoms with Gasteiger partial charge in [-0.25, -0.2) is 9.18 Å². The zero-order valence-electron chi connectivity index (χ0n) is 11.6. The van der Waals surface area contributed by atoms with Gasteiger partial charge in [-0.2, -0.15) is 0 Å². The van der Waals surface area contributed by atoms with Gasteiger partial charge < -0.3 is 15.2 Å². The second kappa shape index (κ2) is 6.47. The Balaban J connectivity index is 2.86. The van der Waals surface area contributed by atoms with E-state index >= 15 is 0 Å². The van der Waals surface area contributed by atoms with Crippen molar-refractivity contribution in [1.82, 2.24) is 5.32 Å². The van der Waals surface area contributed by atoms with Crippen molar-refractivity contribution < 1.29 is 23.8 Å². The number of carbonyl (C=O) groups excluding carboxylic acids is 1. The molecule has 0 aromatic heterocycles. The molecule has 2 unspecified atom stereocenters. The van der Waals surface area contributed by atoms with Crippen LogP contribution in [0.25, 0.3) is 0 Å². The van der Waals surface area contributed by atoms with Gasteiger partial charge in [0.2, 0.25) is 5.91 Å². The SMILES string of the molecule is COCC(C)(NC(=O)C(C)c1cccc(F)c1)C(=O)O. The summed E-state index contributed by atoms with van der Waals surface area (Å²) in [6.45, 7) is 2.78. The highest BCUT2D eigenvalue weighted by Crippen LogP contribution is 2.18. The summed E-state index contributed by atoms with van der Waals surface area (Å²) < 4.78 is 18.0. The average Bonchev–Trinajstić information content (AvgIpc) is 2.37. The van der Waals surface area contributed by atoms with Crippen LogP contribution in [0.1, 0.15) is 25.3 Å². The van der Waals surface area contributed by atoms with Crippen LogP contribution in [0.15, 0.2) is 24.3 Å². The number of hydrogen-bond donors (Lipinski definition) is 2. The van der Waals surface area contributed by atoms with Gasteiger partial charge in [0, 0.05) is 7.11 Å². The Labute approximate surface area is 116 Å². The fraction of sp³-hybridized carbons (Fsp3) is 0.429. The third-order valence-corrected chi connectivity index (χ3v) is 3.05. The number of carboxylic acids is 1. The molecule has 2 N–H and O–H groups in total. The lowest BCUT2D eigenvalue weighted by atomic mass is 9.97. The lowest BCUT2D eigenvalue weighted by Gasteiger charge is -2.27. The van der Waals surface area contributed by atoms with Gasteiger partial charge in [0.1, 0.15) is 5.82 Å². The standard InChI is InChI=1S/C14H18FNO4/c1-9(10-5-4-6-11(15)7-10)12(17)16-14(2,8-20-3)13(18)19/h4-7,9H,8H2,1-3H3,(H,16,17)(H,18,19). The molecule has 20 heavy (non-hydrogen) atoms. The molecule has 2 atom stereocenters. The van der Waals surface area contributed by atoms with Crippen LogP contribution in [0.4, 0.5) is 4.39 Å². The van der Waals surface area contributed by atoms with Crippen LogP contribution in [0, 0.1) is 5.82 Å². The number of aliphatic carboxylic acids is 1. The first-order chi connectivity index (χ1) is 9.30. The van der Waals surface area contributed by atoms with Crippen molar-refractivity contribution in [2.75, 3.05) is 13.7 Å². The van der Waals surface area contributed by atoms with E-state index in [0.717, 1.165) is 0 Å². The third kappa shape index (κ3) is 3.77. The molecule has 0 bridgehead atoms. The Hall–Kier alpha value is -1.95. The van der Waals surface area contributed by atoms with E-state index in [-0.39, 0.29) is 6.61 Å². The van der Waals surface area contributed by atoms with Crippen molar-refractivity contribution >= 4 is 11.9 Å². The van der Waals surface area contributed by atoms with Gasteiger partial charge in [-0.1, -0.05) is 12.1 Å². The Morgan fingerprint density at radius 1 is 1.50 bits per heavy atom. The molecule has 1 aromatic carbocycles. The molecule has 0 radical (unpaired) electrons. The van der Waals surface area contributed by atoms with Crippen LogP contribution in [-0.4, -0.2) is 36.2 Å². The molecule has 5 nitrogen and oxygen atoms in total. The predicted molar refractivity (Wildman–Crippen MR) is 70.9 cm³/mol. The van der Waals surface area contributed by atoms with E-state index in [0.29, 0.717) is 5.56 Å². The van der Waals surface area contributed by atoms with Crippen LogP contribution in [0.3, 0.4) is 0 Å². The normalized spacial score (nSPS) is 15.2. The van der Waals surface area contributed by atoms with Gasteiger partial charge >= 0.3 is 5.97 Å². The Morgan fingerprint density at radius 2 is 2.15 bits per heavy atom. The summed E-state index contributed by atoms with van der Waals surface area (Å²) in [5, 5.41) is 11.6. The van der Waals surface area contributed by atoms with Crippen LogP contribution >= 0.6 is 0 Å². The average molecular weight is 283 g/mol. The summed E-state index contributed by atoms with van der Waals surface area (Å²) in [6.07, 6.45) is 0. The van der Waals surface area contributed by atoms with Crippen molar-refractivity contribution in [3.05, 3.63) is 35.6 Å². The molecule has 0 aliphatic heterocycles. The minimum atomic E-state index is -1.52. The Bertz CT molecular complexity index is 506. The number of methoxy groups -OCH3 is 1. The number of amides is 1. The summed E-state index contributed by atoms with van der Waals surface area (Å²) in [7, 11) is 1.35. The number of benzene rings is 1. The third-order valence-electron chi connectivity index (χ3n) is 3.05. The highest BCUT2D eigenvalue weighted by atomic mass is 19.1. The maximum absolute atomic E-state index is 13.1. The molecule has 0 saturated heterocycles. The quantitative estimate of drug-likeness (QED) is 0.830. The zero-order chi connectivity index (χ0) is 15.3. The lowest BCUT2D eigenvalue weighted by Crippen LogP contribution is -2.56. The highest BCUT2D eigenvalue weighted by molar-refractivity contribution is 5.90. The lowest BCUT2D eigenvalue weighted by molar-refractivity contribution is -0.149. The minimum absolute atomic E-state index is 0.163. The van der Waals surface area contributed by atoms with E-state index in [1.165, 1.54) is 32.2 Å². The number of nitrogens with one attached hydrogen (secondary N) is 1. The summed E-state index contributed by atoms with van der Waals surface area (Å²) in [4.78, 5) is 23.3. The smallest absolute Gasteiger partial charge is 0.331 e. The molecular weight excluding hydrogens is 265 g/mol. The molecule has 0 fully saturated rings. The van der Waals surface area contributed by atoms with E-state index in [1.54, 1.807) is 13.0 Å². The van der Waals surface area contributed by atoms with Crippen molar-refractivity contribution in [2.24, 2.45) is 0 Å². The second-order valence-corrected chi connectivity index (χ2v) is 4.84. The number of ether oxygens (including phenoxy) is 1. The number of hydrogen-bond acceptors (Lipinski definition) is 3. The van der Waals surface area contributed by atoms with Crippen LogP contribution in [0.5, 0.6) is 0 Å². The summed E-state index contributed by atoms with van der Waals surface area (Å²) in [5.74, 6) is -2.81. The molecule has 0 spiro atoms. The highest BCUT2D eigenvalue weighted by Gasteiger charge is 2.36. The molecule has 110 valence electrons. The Kier molecular flexibility index (Phi) is 5.21. The van der Waals surface area contributed by atoms with Crippen LogP contribution in [0.2, 0.25) is 0 Å². The maximum Gasteiger partial charge on any atom is 0.331 e. The zero-order valence-corrected chi connectivity index (χ0v) is 11.6. The van der Waals surface area contributed by atoms with Gasteiger partial charge in [0.05, 0.1) is 12.5 Å². The van der Waals surface area contributed by atoms with Gasteiger partial charge in [0.15, 0.2) is 5.54 Å². The number of rotatable bonds is 6. The van der Waals surface area contributed by atoms with Crippen molar-refractivity contribution in [3.63, 3.8) is 0 Å². The molecule has 0 aliphatic rings. The first-order valence-corrected chi connectivity index (χ1v) is 6.10. The summed E-state index contributed by atoms with van der Waals surface area (Å²) in [6, 6.07) is 5.64. The van der Waals surface area contributed by atoms with E-state index in [2.05, 4.69) is 5.32 Å². The van der Waals surface area contributed by atoms with Gasteiger partial charge in [-0.05, 0) is 31.5 Å². The monoisotopic (exact) mass is 283 g/mol. The largest absolute Gasteiger partial charge is 0.479 e. The number of halogens is 1. The number of carboxylic acid groups (broad SMARTS) is 1. The van der Waals surface area contributed by atoms with E-state index in [4.69, 9.17) is 9.84 Å². The molecule has 0 heterocycles. The van der Waals surface area contributed by atoms with Crippen molar-refractivity contribution in [2.45, 2.75) is 25.3 Å². The van der Waals surface area contributed by atoms with Gasteiger partial charge in [-0.3, -0.25) is 4.79 Å². The predicted octanol–water partition coefficient (Wildman–Crippen LogP) is 1.54. The fourth-order valence-electron chi connectivity index (χ4n) is 1.75. The molecule has 1 rings (SSSR count). The molecule has 0 saturated carbocycles. The molecular formula is C14H18FNO4. The summed E-state index contributed by atoms with van der Waals surface area (Å²) >= 11 is 0.